The number of nitrogens with zero attached hydrogens (tertiary/aromatic N) is 3. The third kappa shape index (κ3) is 2.58. The van der Waals surface area contributed by atoms with Crippen LogP contribution < -0.4 is 9.47 Å². The minimum Gasteiger partial charge on any atom is -0.486 e. The zero-order valence-corrected chi connectivity index (χ0v) is 15.5. The number of benzene rings is 1. The summed E-state index contributed by atoms with van der Waals surface area (Å²) in [5, 5.41) is 0. The van der Waals surface area contributed by atoms with Crippen molar-refractivity contribution in [1.82, 2.24) is 14.9 Å². The summed E-state index contributed by atoms with van der Waals surface area (Å²) >= 11 is 0. The van der Waals surface area contributed by atoms with Crippen LogP contribution in [-0.2, 0) is 5.41 Å². The predicted octanol–water partition coefficient (Wildman–Crippen LogP) is 3.28. The van der Waals surface area contributed by atoms with E-state index in [4.69, 9.17) is 9.47 Å². The number of aromatic nitrogens is 2. The molecule has 5 rings (SSSR count). The number of fused-ring (bicyclic) bond motifs is 3. The largest absolute Gasteiger partial charge is 0.486 e. The van der Waals surface area contributed by atoms with Gasteiger partial charge in [-0.05, 0) is 43.0 Å². The fourth-order valence-electron chi connectivity index (χ4n) is 4.91. The smallest absolute Gasteiger partial charge is 0.274 e. The van der Waals surface area contributed by atoms with Crippen LogP contribution in [0.2, 0.25) is 0 Å². The zero-order chi connectivity index (χ0) is 18.4. The van der Waals surface area contributed by atoms with Gasteiger partial charge in [0, 0.05) is 24.4 Å². The number of amides is 1. The Morgan fingerprint density at radius 1 is 1.15 bits per heavy atom. The Morgan fingerprint density at radius 2 is 1.89 bits per heavy atom. The first-order chi connectivity index (χ1) is 13.2. The number of rotatable bonds is 1. The molecule has 1 spiro atoms. The number of hydrogen-bond donors (Lipinski definition) is 0. The molecule has 0 radical (unpaired) electrons. The van der Waals surface area contributed by atoms with Gasteiger partial charge in [-0.15, -0.1) is 0 Å². The molecule has 0 saturated heterocycles. The van der Waals surface area contributed by atoms with Gasteiger partial charge in [0.2, 0.25) is 0 Å². The Morgan fingerprint density at radius 3 is 2.59 bits per heavy atom. The van der Waals surface area contributed by atoms with Gasteiger partial charge in [0.15, 0.2) is 11.5 Å². The van der Waals surface area contributed by atoms with Crippen LogP contribution in [0.15, 0.2) is 30.7 Å². The molecule has 2 aliphatic heterocycles. The SMILES string of the molecule is C[C@H]1c2cc3c(cc2C2(CCCC2)CN1C(=O)c1cnccn1)OCCO3. The topological polar surface area (TPSA) is 64.6 Å². The summed E-state index contributed by atoms with van der Waals surface area (Å²) in [5.41, 5.74) is 2.90. The van der Waals surface area contributed by atoms with Gasteiger partial charge >= 0.3 is 0 Å². The molecular weight excluding hydrogens is 342 g/mol. The van der Waals surface area contributed by atoms with Crippen LogP contribution in [0.4, 0.5) is 0 Å². The second-order valence-corrected chi connectivity index (χ2v) is 7.77. The molecule has 140 valence electrons. The molecule has 3 heterocycles. The highest BCUT2D eigenvalue weighted by atomic mass is 16.6. The van der Waals surface area contributed by atoms with E-state index in [1.54, 1.807) is 18.6 Å². The van der Waals surface area contributed by atoms with Crippen LogP contribution in [0.1, 0.15) is 60.3 Å². The molecule has 27 heavy (non-hydrogen) atoms. The highest BCUT2D eigenvalue weighted by Gasteiger charge is 2.46. The van der Waals surface area contributed by atoms with Crippen LogP contribution in [0.25, 0.3) is 0 Å². The normalized spacial score (nSPS) is 22.6. The Kier molecular flexibility index (Phi) is 3.81. The first-order valence-electron chi connectivity index (χ1n) is 9.69. The van der Waals surface area contributed by atoms with Crippen molar-refractivity contribution in [1.29, 1.82) is 0 Å². The van der Waals surface area contributed by atoms with Gasteiger partial charge < -0.3 is 14.4 Å². The van der Waals surface area contributed by atoms with Gasteiger partial charge in [0.05, 0.1) is 12.2 Å². The molecule has 0 bridgehead atoms. The maximum absolute atomic E-state index is 13.2. The molecule has 0 N–H and O–H groups in total. The Bertz CT molecular complexity index is 878. The molecule has 6 nitrogen and oxygen atoms in total. The lowest BCUT2D eigenvalue weighted by Crippen LogP contribution is -2.49. The van der Waals surface area contributed by atoms with Gasteiger partial charge in [0.1, 0.15) is 18.9 Å². The molecule has 1 amide bonds. The average molecular weight is 365 g/mol. The minimum absolute atomic E-state index is 0.00442. The number of hydrogen-bond acceptors (Lipinski definition) is 5. The van der Waals surface area contributed by atoms with Crippen molar-refractivity contribution >= 4 is 5.91 Å². The van der Waals surface area contributed by atoms with E-state index in [-0.39, 0.29) is 17.4 Å². The second kappa shape index (κ2) is 6.22. The summed E-state index contributed by atoms with van der Waals surface area (Å²) in [6, 6.07) is 4.22. The van der Waals surface area contributed by atoms with Crippen molar-refractivity contribution in [3.63, 3.8) is 0 Å². The molecule has 1 saturated carbocycles. The highest BCUT2D eigenvalue weighted by molar-refractivity contribution is 5.92. The van der Waals surface area contributed by atoms with Crippen molar-refractivity contribution in [3.8, 4) is 11.5 Å². The highest BCUT2D eigenvalue weighted by Crippen LogP contribution is 2.52. The third-order valence-electron chi connectivity index (χ3n) is 6.28. The first-order valence-corrected chi connectivity index (χ1v) is 9.69. The fourth-order valence-corrected chi connectivity index (χ4v) is 4.91. The lowest BCUT2D eigenvalue weighted by molar-refractivity contribution is 0.0586. The maximum Gasteiger partial charge on any atom is 0.274 e. The molecule has 1 fully saturated rings. The average Bonchev–Trinajstić information content (AvgIpc) is 3.19. The van der Waals surface area contributed by atoms with Crippen LogP contribution in [0.5, 0.6) is 11.5 Å². The molecule has 2 aromatic rings. The van der Waals surface area contributed by atoms with Crippen molar-refractivity contribution in [2.24, 2.45) is 0 Å². The van der Waals surface area contributed by atoms with E-state index in [0.29, 0.717) is 18.9 Å². The van der Waals surface area contributed by atoms with E-state index in [9.17, 15) is 4.79 Å². The number of ether oxygens (including phenoxy) is 2. The Hall–Kier alpha value is -2.63. The molecule has 0 unspecified atom stereocenters. The van der Waals surface area contributed by atoms with E-state index >= 15 is 0 Å². The van der Waals surface area contributed by atoms with Crippen molar-refractivity contribution < 1.29 is 14.3 Å². The summed E-state index contributed by atoms with van der Waals surface area (Å²) in [6.45, 7) is 3.96. The van der Waals surface area contributed by atoms with E-state index < -0.39 is 0 Å². The Balaban J connectivity index is 1.61. The minimum atomic E-state index is -0.0533. The summed E-state index contributed by atoms with van der Waals surface area (Å²) in [7, 11) is 0. The van der Waals surface area contributed by atoms with Crippen LogP contribution in [-0.4, -0.2) is 40.5 Å². The monoisotopic (exact) mass is 365 g/mol. The fraction of sp³-hybridized carbons (Fsp3) is 0.476. The van der Waals surface area contributed by atoms with Gasteiger partial charge in [-0.1, -0.05) is 12.8 Å². The van der Waals surface area contributed by atoms with E-state index in [1.807, 2.05) is 4.90 Å². The van der Waals surface area contributed by atoms with E-state index in [1.165, 1.54) is 24.0 Å². The lowest BCUT2D eigenvalue weighted by Gasteiger charge is -2.46. The molecular formula is C21H23N3O3. The van der Waals surface area contributed by atoms with E-state index in [0.717, 1.165) is 30.9 Å². The zero-order valence-electron chi connectivity index (χ0n) is 15.5. The number of carbonyl (C=O) groups is 1. The number of carbonyl (C=O) groups excluding carboxylic acids is 1. The molecule has 3 aliphatic rings. The van der Waals surface area contributed by atoms with Crippen LogP contribution >= 0.6 is 0 Å². The molecule has 1 aromatic carbocycles. The third-order valence-corrected chi connectivity index (χ3v) is 6.28. The quantitative estimate of drug-likeness (QED) is 0.776. The van der Waals surface area contributed by atoms with Gasteiger partial charge in [-0.25, -0.2) is 4.98 Å². The first kappa shape index (κ1) is 16.5. The van der Waals surface area contributed by atoms with Gasteiger partial charge in [0.25, 0.3) is 5.91 Å². The van der Waals surface area contributed by atoms with Crippen molar-refractivity contribution in [3.05, 3.63) is 47.5 Å². The van der Waals surface area contributed by atoms with Crippen molar-refractivity contribution in [2.75, 3.05) is 19.8 Å². The molecule has 6 heteroatoms. The second-order valence-electron chi connectivity index (χ2n) is 7.77. The van der Waals surface area contributed by atoms with Crippen molar-refractivity contribution in [2.45, 2.75) is 44.1 Å². The summed E-state index contributed by atoms with van der Waals surface area (Å²) in [4.78, 5) is 23.5. The Labute approximate surface area is 158 Å². The summed E-state index contributed by atoms with van der Waals surface area (Å²) in [6.07, 6.45) is 9.28. The standard InChI is InChI=1S/C21H23N3O3/c1-14-15-10-18-19(27-9-8-26-18)11-16(15)21(4-2-3-5-21)13-24(14)20(25)17-12-22-6-7-23-17/h6-7,10-12,14H,2-5,8-9,13H2,1H3/t14-/m0/s1. The van der Waals surface area contributed by atoms with E-state index in [2.05, 4.69) is 29.0 Å². The van der Waals surface area contributed by atoms with Crippen LogP contribution in [0, 0.1) is 0 Å². The summed E-state index contributed by atoms with van der Waals surface area (Å²) in [5.74, 6) is 1.57. The molecule has 1 atom stereocenters. The molecule has 1 aromatic heterocycles. The van der Waals surface area contributed by atoms with Crippen LogP contribution in [0.3, 0.4) is 0 Å². The summed E-state index contributed by atoms with van der Waals surface area (Å²) < 4.78 is 11.7. The maximum atomic E-state index is 13.2. The lowest BCUT2D eigenvalue weighted by atomic mass is 9.71. The van der Waals surface area contributed by atoms with Gasteiger partial charge in [-0.3, -0.25) is 9.78 Å². The molecule has 1 aliphatic carbocycles. The predicted molar refractivity (Wildman–Crippen MR) is 99.1 cm³/mol. The van der Waals surface area contributed by atoms with Gasteiger partial charge in [-0.2, -0.15) is 0 Å².